The number of methoxy groups -OCH3 is 1. The molecule has 1 aromatic carbocycles. The fourth-order valence-corrected chi connectivity index (χ4v) is 4.07. The first-order valence-electron chi connectivity index (χ1n) is 10.6. The number of rotatable bonds is 6. The smallest absolute Gasteiger partial charge is 0.244 e. The van der Waals surface area contributed by atoms with Crippen molar-refractivity contribution in [2.75, 3.05) is 39.2 Å². The lowest BCUT2D eigenvalue weighted by Crippen LogP contribution is -2.41. The van der Waals surface area contributed by atoms with Gasteiger partial charge in [0.2, 0.25) is 11.9 Å². The number of ether oxygens (including phenoxy) is 1. The molecule has 3 aromatic rings. The monoisotopic (exact) mass is 438 g/mol. The highest BCUT2D eigenvalue weighted by molar-refractivity contribution is 5.76. The summed E-state index contributed by atoms with van der Waals surface area (Å²) in [4.78, 5) is 25.9. The van der Waals surface area contributed by atoms with Crippen LogP contribution in [0.2, 0.25) is 0 Å². The van der Waals surface area contributed by atoms with E-state index in [1.165, 1.54) is 19.2 Å². The Balaban J connectivity index is 1.68. The van der Waals surface area contributed by atoms with Gasteiger partial charge in [-0.3, -0.25) is 9.48 Å². The van der Waals surface area contributed by atoms with Crippen molar-refractivity contribution in [1.82, 2.24) is 24.6 Å². The molecule has 0 bridgehead atoms. The predicted octanol–water partition coefficient (Wildman–Crippen LogP) is 2.96. The van der Waals surface area contributed by atoms with E-state index in [-0.39, 0.29) is 24.2 Å². The Hall–Kier alpha value is -3.49. The molecule has 1 aliphatic rings. The third-order valence-electron chi connectivity index (χ3n) is 5.68. The Morgan fingerprint density at radius 2 is 2.16 bits per heavy atom. The molecule has 1 amide bonds. The van der Waals surface area contributed by atoms with Crippen molar-refractivity contribution in [3.63, 3.8) is 0 Å². The van der Waals surface area contributed by atoms with E-state index < -0.39 is 0 Å². The molecule has 168 valence electrons. The first-order chi connectivity index (χ1) is 15.5. The molecule has 0 aliphatic carbocycles. The number of amides is 1. The molecule has 0 radical (unpaired) electrons. The summed E-state index contributed by atoms with van der Waals surface area (Å²) < 4.78 is 20.9. The summed E-state index contributed by atoms with van der Waals surface area (Å²) in [5, 5.41) is 4.14. The number of aromatic nitrogens is 4. The summed E-state index contributed by atoms with van der Waals surface area (Å²) in [6.07, 6.45) is 6.98. The van der Waals surface area contributed by atoms with Crippen LogP contribution in [0.5, 0.6) is 5.75 Å². The molecule has 1 atom stereocenters. The van der Waals surface area contributed by atoms with E-state index in [1.807, 2.05) is 23.9 Å². The molecular formula is C23H27FN6O2. The van der Waals surface area contributed by atoms with E-state index in [4.69, 9.17) is 9.72 Å². The van der Waals surface area contributed by atoms with Gasteiger partial charge in [0.15, 0.2) is 0 Å². The molecule has 4 rings (SSSR count). The number of hydrogen-bond acceptors (Lipinski definition) is 6. The topological polar surface area (TPSA) is 76.4 Å². The molecule has 0 spiro atoms. The summed E-state index contributed by atoms with van der Waals surface area (Å²) in [5.74, 6) is 0.698. The maximum absolute atomic E-state index is 13.8. The van der Waals surface area contributed by atoms with Gasteiger partial charge in [-0.15, -0.1) is 0 Å². The van der Waals surface area contributed by atoms with Crippen molar-refractivity contribution in [3.8, 4) is 16.9 Å². The van der Waals surface area contributed by atoms with Gasteiger partial charge in [0.25, 0.3) is 0 Å². The number of piperidine rings is 1. The van der Waals surface area contributed by atoms with Gasteiger partial charge in [0, 0.05) is 68.9 Å². The summed E-state index contributed by atoms with van der Waals surface area (Å²) >= 11 is 0. The lowest BCUT2D eigenvalue weighted by molar-refractivity contribution is -0.133. The van der Waals surface area contributed by atoms with Crippen molar-refractivity contribution in [3.05, 3.63) is 54.4 Å². The molecule has 0 saturated carbocycles. The number of halogens is 1. The summed E-state index contributed by atoms with van der Waals surface area (Å²) in [6.45, 7) is 1.48. The Bertz CT molecular complexity index is 1090. The van der Waals surface area contributed by atoms with Crippen molar-refractivity contribution in [1.29, 1.82) is 0 Å². The van der Waals surface area contributed by atoms with E-state index in [0.29, 0.717) is 24.8 Å². The molecule has 1 unspecified atom stereocenters. The largest absolute Gasteiger partial charge is 0.496 e. The standard InChI is InChI=1S/C23H27FN6O2/c1-28(2)23-25-13-19(18-8-7-17(24)12-20(18)32-3)22(27-23)16-6-4-10-29(14-16)21(31)15-30-11-5-9-26-30/h5,7-9,11-13,16H,4,6,10,14-15H2,1-3H3. The van der Waals surface area contributed by atoms with E-state index in [0.717, 1.165) is 29.7 Å². The van der Waals surface area contributed by atoms with Gasteiger partial charge in [0.05, 0.1) is 12.8 Å². The number of anilines is 1. The number of hydrogen-bond donors (Lipinski definition) is 0. The van der Waals surface area contributed by atoms with Gasteiger partial charge in [0.1, 0.15) is 18.1 Å². The SMILES string of the molecule is COc1cc(F)ccc1-c1cnc(N(C)C)nc1C1CCCN(C(=O)Cn2cccn2)C1. The number of carbonyl (C=O) groups is 1. The zero-order valence-corrected chi connectivity index (χ0v) is 18.5. The number of nitrogens with zero attached hydrogens (tertiary/aromatic N) is 6. The minimum Gasteiger partial charge on any atom is -0.496 e. The first-order valence-corrected chi connectivity index (χ1v) is 10.6. The molecule has 9 heteroatoms. The Labute approximate surface area is 186 Å². The number of benzene rings is 1. The van der Waals surface area contributed by atoms with Crippen molar-refractivity contribution < 1.29 is 13.9 Å². The lowest BCUT2D eigenvalue weighted by Gasteiger charge is -2.33. The van der Waals surface area contributed by atoms with Crippen LogP contribution >= 0.6 is 0 Å². The van der Waals surface area contributed by atoms with Crippen molar-refractivity contribution in [2.24, 2.45) is 0 Å². The van der Waals surface area contributed by atoms with Crippen LogP contribution in [0.4, 0.5) is 10.3 Å². The zero-order valence-electron chi connectivity index (χ0n) is 18.5. The van der Waals surface area contributed by atoms with Gasteiger partial charge in [-0.05, 0) is 31.0 Å². The van der Waals surface area contributed by atoms with Crippen molar-refractivity contribution >= 4 is 11.9 Å². The molecule has 1 saturated heterocycles. The van der Waals surface area contributed by atoms with Crippen LogP contribution < -0.4 is 9.64 Å². The van der Waals surface area contributed by atoms with E-state index in [9.17, 15) is 9.18 Å². The van der Waals surface area contributed by atoms with Crippen LogP contribution in [-0.2, 0) is 11.3 Å². The highest BCUT2D eigenvalue weighted by Crippen LogP contribution is 2.38. The molecule has 8 nitrogen and oxygen atoms in total. The lowest BCUT2D eigenvalue weighted by atomic mass is 9.89. The van der Waals surface area contributed by atoms with Crippen LogP contribution in [0.25, 0.3) is 11.1 Å². The zero-order chi connectivity index (χ0) is 22.7. The molecule has 3 heterocycles. The van der Waals surface area contributed by atoms with Crippen LogP contribution in [-0.4, -0.2) is 64.9 Å². The quantitative estimate of drug-likeness (QED) is 0.589. The van der Waals surface area contributed by atoms with E-state index in [2.05, 4.69) is 10.1 Å². The van der Waals surface area contributed by atoms with Crippen LogP contribution in [0, 0.1) is 5.82 Å². The van der Waals surface area contributed by atoms with Crippen molar-refractivity contribution in [2.45, 2.75) is 25.3 Å². The minimum atomic E-state index is -0.369. The predicted molar refractivity (Wildman–Crippen MR) is 119 cm³/mol. The second kappa shape index (κ2) is 9.33. The second-order valence-electron chi connectivity index (χ2n) is 8.09. The van der Waals surface area contributed by atoms with E-state index in [1.54, 1.807) is 35.4 Å². The molecule has 2 aromatic heterocycles. The first kappa shape index (κ1) is 21.7. The third kappa shape index (κ3) is 4.56. The molecule has 1 fully saturated rings. The Morgan fingerprint density at radius 1 is 1.31 bits per heavy atom. The average molecular weight is 439 g/mol. The summed E-state index contributed by atoms with van der Waals surface area (Å²) in [5.41, 5.74) is 2.36. The van der Waals surface area contributed by atoms with Gasteiger partial charge in [-0.2, -0.15) is 5.10 Å². The number of likely N-dealkylation sites (tertiary alicyclic amines) is 1. The Morgan fingerprint density at radius 3 is 2.88 bits per heavy atom. The third-order valence-corrected chi connectivity index (χ3v) is 5.68. The molecule has 0 N–H and O–H groups in total. The van der Waals surface area contributed by atoms with Crippen LogP contribution in [0.15, 0.2) is 42.9 Å². The maximum Gasteiger partial charge on any atom is 0.244 e. The Kier molecular flexibility index (Phi) is 6.34. The maximum atomic E-state index is 13.8. The fourth-order valence-electron chi connectivity index (χ4n) is 4.07. The van der Waals surface area contributed by atoms with Gasteiger partial charge < -0.3 is 14.5 Å². The number of carbonyl (C=O) groups excluding carboxylic acids is 1. The molecular weight excluding hydrogens is 411 g/mol. The van der Waals surface area contributed by atoms with Crippen LogP contribution in [0.3, 0.4) is 0 Å². The van der Waals surface area contributed by atoms with Crippen LogP contribution in [0.1, 0.15) is 24.5 Å². The van der Waals surface area contributed by atoms with Gasteiger partial charge in [-0.1, -0.05) is 0 Å². The average Bonchev–Trinajstić information content (AvgIpc) is 3.31. The molecule has 32 heavy (non-hydrogen) atoms. The van der Waals surface area contributed by atoms with Gasteiger partial charge >= 0.3 is 0 Å². The molecule has 1 aliphatic heterocycles. The minimum absolute atomic E-state index is 0.0248. The van der Waals surface area contributed by atoms with Gasteiger partial charge in [-0.25, -0.2) is 14.4 Å². The fraction of sp³-hybridized carbons (Fsp3) is 0.391. The highest BCUT2D eigenvalue weighted by atomic mass is 19.1. The van der Waals surface area contributed by atoms with E-state index >= 15 is 0 Å². The second-order valence-corrected chi connectivity index (χ2v) is 8.09. The highest BCUT2D eigenvalue weighted by Gasteiger charge is 2.29. The summed E-state index contributed by atoms with van der Waals surface area (Å²) in [7, 11) is 5.29. The summed E-state index contributed by atoms with van der Waals surface area (Å²) in [6, 6.07) is 6.26. The normalized spacial score (nSPS) is 16.1.